The molecule has 0 bridgehead atoms. The van der Waals surface area contributed by atoms with E-state index < -0.39 is 0 Å². The first-order valence-corrected chi connectivity index (χ1v) is 8.50. The first kappa shape index (κ1) is 15.9. The van der Waals surface area contributed by atoms with Crippen LogP contribution in [-0.4, -0.2) is 12.5 Å². The minimum absolute atomic E-state index is 0.132. The molecule has 1 amide bonds. The molecule has 0 radical (unpaired) electrons. The third kappa shape index (κ3) is 3.07. The van der Waals surface area contributed by atoms with E-state index in [9.17, 15) is 4.79 Å². The summed E-state index contributed by atoms with van der Waals surface area (Å²) >= 11 is 0. The molecule has 1 saturated carbocycles. The number of furan rings is 1. The number of amides is 1. The predicted octanol–water partition coefficient (Wildman–Crippen LogP) is 4.59. The standard InChI is InChI=1S/C19H25NO3/c1-4-22-15-9-7-8-14-12-16(23-17(14)15)13(2)20-18(21)19(3)10-5-6-11-19/h7-9,12-13H,4-6,10-11H2,1-3H3,(H,20,21). The number of carbonyl (C=O) groups excluding carboxylic acids is 1. The van der Waals surface area contributed by atoms with Crippen LogP contribution in [0.1, 0.15) is 58.3 Å². The lowest BCUT2D eigenvalue weighted by Gasteiger charge is -2.24. The molecule has 124 valence electrons. The Kier molecular flexibility index (Phi) is 4.33. The van der Waals surface area contributed by atoms with Gasteiger partial charge in [0.05, 0.1) is 12.6 Å². The summed E-state index contributed by atoms with van der Waals surface area (Å²) < 4.78 is 11.6. The fourth-order valence-electron chi connectivity index (χ4n) is 3.36. The Labute approximate surface area is 137 Å². The van der Waals surface area contributed by atoms with Crippen molar-refractivity contribution in [1.82, 2.24) is 5.32 Å². The number of carbonyl (C=O) groups is 1. The van der Waals surface area contributed by atoms with Gasteiger partial charge in [0.25, 0.3) is 0 Å². The van der Waals surface area contributed by atoms with Crippen molar-refractivity contribution in [1.29, 1.82) is 0 Å². The molecule has 1 heterocycles. The number of benzene rings is 1. The second-order valence-electron chi connectivity index (χ2n) is 6.72. The van der Waals surface area contributed by atoms with Crippen LogP contribution in [0, 0.1) is 5.41 Å². The molecule has 1 aliphatic rings. The highest BCUT2D eigenvalue weighted by Gasteiger charge is 2.37. The van der Waals surface area contributed by atoms with Gasteiger partial charge in [0.15, 0.2) is 11.3 Å². The summed E-state index contributed by atoms with van der Waals surface area (Å²) in [6, 6.07) is 7.69. The fourth-order valence-corrected chi connectivity index (χ4v) is 3.36. The van der Waals surface area contributed by atoms with Crippen molar-refractivity contribution in [2.24, 2.45) is 5.41 Å². The Hall–Kier alpha value is -1.97. The van der Waals surface area contributed by atoms with Crippen molar-refractivity contribution >= 4 is 16.9 Å². The van der Waals surface area contributed by atoms with Gasteiger partial charge in [0.2, 0.25) is 5.91 Å². The van der Waals surface area contributed by atoms with Gasteiger partial charge in [0.1, 0.15) is 5.76 Å². The molecule has 1 aliphatic carbocycles. The van der Waals surface area contributed by atoms with E-state index in [1.54, 1.807) is 0 Å². The molecule has 0 aliphatic heterocycles. The van der Waals surface area contributed by atoms with Crippen molar-refractivity contribution in [3.05, 3.63) is 30.0 Å². The molecule has 1 aromatic carbocycles. The topological polar surface area (TPSA) is 51.5 Å². The summed E-state index contributed by atoms with van der Waals surface area (Å²) in [7, 11) is 0. The van der Waals surface area contributed by atoms with Crippen LogP contribution in [0.2, 0.25) is 0 Å². The average molecular weight is 315 g/mol. The van der Waals surface area contributed by atoms with E-state index in [4.69, 9.17) is 9.15 Å². The van der Waals surface area contributed by atoms with E-state index >= 15 is 0 Å². The lowest BCUT2D eigenvalue weighted by atomic mass is 9.87. The summed E-state index contributed by atoms with van der Waals surface area (Å²) in [5.74, 6) is 1.65. The monoisotopic (exact) mass is 315 g/mol. The van der Waals surface area contributed by atoms with Crippen molar-refractivity contribution in [3.63, 3.8) is 0 Å². The summed E-state index contributed by atoms with van der Waals surface area (Å²) in [5, 5.41) is 4.12. The molecule has 2 aromatic rings. The van der Waals surface area contributed by atoms with Gasteiger partial charge in [-0.15, -0.1) is 0 Å². The van der Waals surface area contributed by atoms with Crippen LogP contribution < -0.4 is 10.1 Å². The Morgan fingerprint density at radius 1 is 1.39 bits per heavy atom. The van der Waals surface area contributed by atoms with E-state index in [2.05, 4.69) is 12.2 Å². The zero-order valence-electron chi connectivity index (χ0n) is 14.1. The highest BCUT2D eigenvalue weighted by molar-refractivity contribution is 5.85. The summed E-state index contributed by atoms with van der Waals surface area (Å²) in [5.41, 5.74) is 0.522. The van der Waals surface area contributed by atoms with Crippen molar-refractivity contribution in [2.45, 2.75) is 52.5 Å². The van der Waals surface area contributed by atoms with Crippen molar-refractivity contribution < 1.29 is 13.9 Å². The molecule has 0 spiro atoms. The Balaban J connectivity index is 1.79. The molecule has 23 heavy (non-hydrogen) atoms. The van der Waals surface area contributed by atoms with Gasteiger partial charge in [0, 0.05) is 10.8 Å². The van der Waals surface area contributed by atoms with E-state index in [0.717, 1.165) is 48.2 Å². The largest absolute Gasteiger partial charge is 0.490 e. The van der Waals surface area contributed by atoms with Crippen LogP contribution in [0.25, 0.3) is 11.0 Å². The minimum Gasteiger partial charge on any atom is -0.490 e. The number of nitrogens with one attached hydrogen (secondary N) is 1. The van der Waals surface area contributed by atoms with Gasteiger partial charge in [-0.05, 0) is 38.8 Å². The molecule has 1 atom stereocenters. The maximum Gasteiger partial charge on any atom is 0.226 e. The highest BCUT2D eigenvalue weighted by atomic mass is 16.5. The Morgan fingerprint density at radius 3 is 2.83 bits per heavy atom. The summed E-state index contributed by atoms with van der Waals surface area (Å²) in [6.45, 7) is 6.58. The molecule has 1 N–H and O–H groups in total. The zero-order chi connectivity index (χ0) is 16.4. The number of ether oxygens (including phenoxy) is 1. The highest BCUT2D eigenvalue weighted by Crippen LogP contribution is 2.38. The molecule has 0 saturated heterocycles. The number of hydrogen-bond donors (Lipinski definition) is 1. The lowest BCUT2D eigenvalue weighted by Crippen LogP contribution is -2.38. The van der Waals surface area contributed by atoms with Gasteiger partial charge in [-0.2, -0.15) is 0 Å². The fraction of sp³-hybridized carbons (Fsp3) is 0.526. The maximum absolute atomic E-state index is 12.6. The normalized spacial score (nSPS) is 18.0. The first-order chi connectivity index (χ1) is 11.0. The SMILES string of the molecule is CCOc1cccc2cc(C(C)NC(=O)C3(C)CCCC3)oc12. The minimum atomic E-state index is -0.225. The molecule has 1 unspecified atom stereocenters. The molecule has 4 nitrogen and oxygen atoms in total. The van der Waals surface area contributed by atoms with E-state index in [1.807, 2.05) is 38.1 Å². The first-order valence-electron chi connectivity index (χ1n) is 8.50. The summed E-state index contributed by atoms with van der Waals surface area (Å²) in [6.07, 6.45) is 4.22. The van der Waals surface area contributed by atoms with Gasteiger partial charge in [-0.25, -0.2) is 0 Å². The second kappa shape index (κ2) is 6.26. The molecule has 1 fully saturated rings. The average Bonchev–Trinajstić information content (AvgIpc) is 3.15. The Morgan fingerprint density at radius 2 is 2.13 bits per heavy atom. The van der Waals surface area contributed by atoms with E-state index in [0.29, 0.717) is 6.61 Å². The number of para-hydroxylation sites is 1. The molecule has 3 rings (SSSR count). The van der Waals surface area contributed by atoms with Crippen molar-refractivity contribution in [2.75, 3.05) is 6.61 Å². The second-order valence-corrected chi connectivity index (χ2v) is 6.72. The Bertz CT molecular complexity index is 698. The molecular weight excluding hydrogens is 290 g/mol. The van der Waals surface area contributed by atoms with Gasteiger partial charge >= 0.3 is 0 Å². The van der Waals surface area contributed by atoms with Gasteiger partial charge in [-0.1, -0.05) is 31.9 Å². The maximum atomic E-state index is 12.6. The van der Waals surface area contributed by atoms with Crippen molar-refractivity contribution in [3.8, 4) is 5.75 Å². The molecule has 1 aromatic heterocycles. The molecular formula is C19H25NO3. The van der Waals surface area contributed by atoms with Crippen LogP contribution in [0.4, 0.5) is 0 Å². The third-order valence-electron chi connectivity index (χ3n) is 4.86. The lowest BCUT2D eigenvalue weighted by molar-refractivity contribution is -0.130. The molecule has 4 heteroatoms. The van der Waals surface area contributed by atoms with Gasteiger partial charge < -0.3 is 14.5 Å². The van der Waals surface area contributed by atoms with Crippen LogP contribution in [0.5, 0.6) is 5.75 Å². The number of hydrogen-bond acceptors (Lipinski definition) is 3. The third-order valence-corrected chi connectivity index (χ3v) is 4.86. The smallest absolute Gasteiger partial charge is 0.226 e. The summed E-state index contributed by atoms with van der Waals surface area (Å²) in [4.78, 5) is 12.6. The van der Waals surface area contributed by atoms with Crippen LogP contribution in [0.3, 0.4) is 0 Å². The van der Waals surface area contributed by atoms with Crippen LogP contribution in [-0.2, 0) is 4.79 Å². The number of fused-ring (bicyclic) bond motifs is 1. The van der Waals surface area contributed by atoms with Crippen LogP contribution >= 0.6 is 0 Å². The predicted molar refractivity (Wildman–Crippen MR) is 90.5 cm³/mol. The quantitative estimate of drug-likeness (QED) is 0.878. The van der Waals surface area contributed by atoms with Gasteiger partial charge in [-0.3, -0.25) is 4.79 Å². The van der Waals surface area contributed by atoms with E-state index in [1.165, 1.54) is 0 Å². The van der Waals surface area contributed by atoms with E-state index in [-0.39, 0.29) is 17.4 Å². The number of rotatable bonds is 5. The zero-order valence-corrected chi connectivity index (χ0v) is 14.1. The van der Waals surface area contributed by atoms with Crippen LogP contribution in [0.15, 0.2) is 28.7 Å².